The lowest BCUT2D eigenvalue weighted by Gasteiger charge is -2.14. The van der Waals surface area contributed by atoms with Crippen molar-refractivity contribution in [3.63, 3.8) is 0 Å². The topological polar surface area (TPSA) is 85.2 Å². The minimum atomic E-state index is -0.348. The Morgan fingerprint density at radius 2 is 2.00 bits per heavy atom. The molecule has 0 saturated heterocycles. The first-order valence-electron chi connectivity index (χ1n) is 6.70. The van der Waals surface area contributed by atoms with Crippen LogP contribution >= 0.6 is 0 Å². The number of aliphatic hydroxyl groups excluding tert-OH is 1. The number of nitriles is 1. The Balaban J connectivity index is 2.27. The molecular weight excluding hydrogens is 254 g/mol. The molecule has 0 radical (unpaired) electrons. The van der Waals surface area contributed by atoms with E-state index in [-0.39, 0.29) is 24.5 Å². The second-order valence-corrected chi connectivity index (χ2v) is 5.04. The Morgan fingerprint density at radius 3 is 2.55 bits per heavy atom. The second-order valence-electron chi connectivity index (χ2n) is 5.04. The lowest BCUT2D eigenvalue weighted by molar-refractivity contribution is -0.119. The van der Waals surface area contributed by atoms with E-state index in [2.05, 4.69) is 10.6 Å². The second kappa shape index (κ2) is 8.18. The minimum Gasteiger partial charge on any atom is -0.393 e. The third-order valence-electron chi connectivity index (χ3n) is 2.86. The van der Waals surface area contributed by atoms with Crippen LogP contribution in [0.15, 0.2) is 24.3 Å². The Bertz CT molecular complexity index is 463. The van der Waals surface area contributed by atoms with Crippen molar-refractivity contribution >= 4 is 11.6 Å². The van der Waals surface area contributed by atoms with Crippen molar-refractivity contribution in [2.24, 2.45) is 5.92 Å². The summed E-state index contributed by atoms with van der Waals surface area (Å²) in [5.74, 6) is 0.153. The number of amides is 1. The fourth-order valence-corrected chi connectivity index (χ4v) is 1.86. The largest absolute Gasteiger partial charge is 0.393 e. The maximum Gasteiger partial charge on any atom is 0.239 e. The van der Waals surface area contributed by atoms with Crippen LogP contribution in [0.1, 0.15) is 25.8 Å². The average molecular weight is 275 g/mol. The zero-order chi connectivity index (χ0) is 15.0. The maximum absolute atomic E-state index is 11.6. The molecule has 0 bridgehead atoms. The van der Waals surface area contributed by atoms with Crippen LogP contribution in [0.4, 0.5) is 5.69 Å². The van der Waals surface area contributed by atoms with E-state index in [1.807, 2.05) is 13.0 Å². The number of rotatable bonds is 7. The molecule has 0 spiro atoms. The predicted molar refractivity (Wildman–Crippen MR) is 78.1 cm³/mol. The average Bonchev–Trinajstić information content (AvgIpc) is 2.42. The molecule has 5 nitrogen and oxygen atoms in total. The molecule has 0 saturated carbocycles. The van der Waals surface area contributed by atoms with E-state index in [1.165, 1.54) is 0 Å². The van der Waals surface area contributed by atoms with E-state index in [0.29, 0.717) is 18.5 Å². The van der Waals surface area contributed by atoms with Gasteiger partial charge < -0.3 is 15.7 Å². The Labute approximate surface area is 119 Å². The SMILES string of the molecule is CC(O)CC(C)CNC(=O)CNc1ccc(C#N)cc1. The first-order chi connectivity index (χ1) is 9.51. The lowest BCUT2D eigenvalue weighted by atomic mass is 10.1. The minimum absolute atomic E-state index is 0.0909. The van der Waals surface area contributed by atoms with Gasteiger partial charge >= 0.3 is 0 Å². The molecule has 0 heterocycles. The van der Waals surface area contributed by atoms with Gasteiger partial charge in [-0.2, -0.15) is 5.26 Å². The van der Waals surface area contributed by atoms with Crippen molar-refractivity contribution in [1.82, 2.24) is 5.32 Å². The van der Waals surface area contributed by atoms with Gasteiger partial charge in [0.05, 0.1) is 24.3 Å². The van der Waals surface area contributed by atoms with Gasteiger partial charge in [-0.05, 0) is 43.5 Å². The molecule has 1 rings (SSSR count). The van der Waals surface area contributed by atoms with Gasteiger partial charge in [-0.15, -0.1) is 0 Å². The van der Waals surface area contributed by atoms with Crippen LogP contribution in [0.3, 0.4) is 0 Å². The van der Waals surface area contributed by atoms with Crippen LogP contribution in [0.5, 0.6) is 0 Å². The maximum atomic E-state index is 11.6. The Hall–Kier alpha value is -2.06. The van der Waals surface area contributed by atoms with Crippen molar-refractivity contribution < 1.29 is 9.90 Å². The van der Waals surface area contributed by atoms with Gasteiger partial charge in [-0.25, -0.2) is 0 Å². The first kappa shape index (κ1) is 16.0. The number of nitrogens with zero attached hydrogens (tertiary/aromatic N) is 1. The number of hydrogen-bond donors (Lipinski definition) is 3. The molecule has 5 heteroatoms. The number of aliphatic hydroxyl groups is 1. The van der Waals surface area contributed by atoms with Crippen LogP contribution in [0.2, 0.25) is 0 Å². The van der Waals surface area contributed by atoms with Crippen molar-refractivity contribution in [2.75, 3.05) is 18.4 Å². The molecule has 1 aromatic rings. The van der Waals surface area contributed by atoms with E-state index in [1.54, 1.807) is 31.2 Å². The highest BCUT2D eigenvalue weighted by Crippen LogP contribution is 2.08. The quantitative estimate of drug-likeness (QED) is 0.704. The molecular formula is C15H21N3O2. The van der Waals surface area contributed by atoms with Crippen LogP contribution < -0.4 is 10.6 Å². The van der Waals surface area contributed by atoms with Gasteiger partial charge in [-0.3, -0.25) is 4.79 Å². The van der Waals surface area contributed by atoms with E-state index >= 15 is 0 Å². The zero-order valence-corrected chi connectivity index (χ0v) is 11.9. The Kier molecular flexibility index (Phi) is 6.54. The smallest absolute Gasteiger partial charge is 0.239 e. The number of anilines is 1. The van der Waals surface area contributed by atoms with Gasteiger partial charge in [0.1, 0.15) is 0 Å². The highest BCUT2D eigenvalue weighted by atomic mass is 16.3. The number of carbonyl (C=O) groups is 1. The number of carbonyl (C=O) groups excluding carboxylic acids is 1. The first-order valence-corrected chi connectivity index (χ1v) is 6.70. The van der Waals surface area contributed by atoms with E-state index in [0.717, 1.165) is 5.69 Å². The molecule has 1 amide bonds. The van der Waals surface area contributed by atoms with Gasteiger partial charge in [0, 0.05) is 12.2 Å². The fourth-order valence-electron chi connectivity index (χ4n) is 1.86. The number of benzene rings is 1. The molecule has 108 valence electrons. The summed E-state index contributed by atoms with van der Waals surface area (Å²) in [5, 5.41) is 23.7. The Morgan fingerprint density at radius 1 is 1.35 bits per heavy atom. The summed E-state index contributed by atoms with van der Waals surface area (Å²) in [6.45, 7) is 4.47. The van der Waals surface area contributed by atoms with Crippen LogP contribution in [-0.2, 0) is 4.79 Å². The highest BCUT2D eigenvalue weighted by Gasteiger charge is 2.08. The summed E-state index contributed by atoms with van der Waals surface area (Å²) < 4.78 is 0. The fraction of sp³-hybridized carbons (Fsp3) is 0.467. The molecule has 0 aliphatic rings. The summed E-state index contributed by atoms with van der Waals surface area (Å²) >= 11 is 0. The molecule has 0 aliphatic carbocycles. The van der Waals surface area contributed by atoms with E-state index in [9.17, 15) is 9.90 Å². The van der Waals surface area contributed by atoms with Crippen molar-refractivity contribution in [3.8, 4) is 6.07 Å². The normalized spacial score (nSPS) is 13.1. The van der Waals surface area contributed by atoms with Gasteiger partial charge in [-0.1, -0.05) is 6.92 Å². The highest BCUT2D eigenvalue weighted by molar-refractivity contribution is 5.80. The summed E-state index contributed by atoms with van der Waals surface area (Å²) in [7, 11) is 0. The van der Waals surface area contributed by atoms with Gasteiger partial charge in [0.15, 0.2) is 0 Å². The summed E-state index contributed by atoms with van der Waals surface area (Å²) in [4.78, 5) is 11.6. The standard InChI is InChI=1S/C15H21N3O2/c1-11(7-12(2)19)9-18-15(20)10-17-14-5-3-13(8-16)4-6-14/h3-6,11-12,17,19H,7,9-10H2,1-2H3,(H,18,20). The summed E-state index contributed by atoms with van der Waals surface area (Å²) in [5.41, 5.74) is 1.39. The van der Waals surface area contributed by atoms with Crippen LogP contribution in [-0.4, -0.2) is 30.2 Å². The lowest BCUT2D eigenvalue weighted by Crippen LogP contribution is -2.33. The van der Waals surface area contributed by atoms with Crippen molar-refractivity contribution in [2.45, 2.75) is 26.4 Å². The summed E-state index contributed by atoms with van der Waals surface area (Å²) in [6, 6.07) is 8.97. The molecule has 0 aromatic heterocycles. The van der Waals surface area contributed by atoms with Crippen LogP contribution in [0.25, 0.3) is 0 Å². The molecule has 3 N–H and O–H groups in total. The molecule has 0 fully saturated rings. The zero-order valence-electron chi connectivity index (χ0n) is 11.9. The molecule has 2 atom stereocenters. The van der Waals surface area contributed by atoms with Crippen molar-refractivity contribution in [3.05, 3.63) is 29.8 Å². The van der Waals surface area contributed by atoms with Gasteiger partial charge in [0.2, 0.25) is 5.91 Å². The van der Waals surface area contributed by atoms with Gasteiger partial charge in [0.25, 0.3) is 0 Å². The van der Waals surface area contributed by atoms with Crippen molar-refractivity contribution in [1.29, 1.82) is 5.26 Å². The van der Waals surface area contributed by atoms with Crippen LogP contribution in [0, 0.1) is 17.2 Å². The van der Waals surface area contributed by atoms with E-state index in [4.69, 9.17) is 5.26 Å². The third kappa shape index (κ3) is 6.21. The molecule has 1 aromatic carbocycles. The molecule has 0 aliphatic heterocycles. The summed E-state index contributed by atoms with van der Waals surface area (Å²) in [6.07, 6.45) is 0.322. The number of nitrogens with one attached hydrogen (secondary N) is 2. The predicted octanol–water partition coefficient (Wildman–Crippen LogP) is 1.49. The molecule has 20 heavy (non-hydrogen) atoms. The van der Waals surface area contributed by atoms with E-state index < -0.39 is 0 Å². The third-order valence-corrected chi connectivity index (χ3v) is 2.86. The molecule has 2 unspecified atom stereocenters. The monoisotopic (exact) mass is 275 g/mol. The number of hydrogen-bond acceptors (Lipinski definition) is 4.